The van der Waals surface area contributed by atoms with Crippen LogP contribution in [0.4, 0.5) is 5.69 Å². The molecule has 0 aliphatic rings. The maximum Gasteiger partial charge on any atom is 0.126 e. The van der Waals surface area contributed by atoms with Gasteiger partial charge in [-0.25, -0.2) is 4.98 Å². The third-order valence-electron chi connectivity index (χ3n) is 4.40. The molecule has 0 fully saturated rings. The number of nitrogens with zero attached hydrogens (tertiary/aromatic N) is 2. The quantitative estimate of drug-likeness (QED) is 0.348. The molecular weight excluding hydrogens is 376 g/mol. The molecule has 3 rings (SSSR count). The highest BCUT2D eigenvalue weighted by Crippen LogP contribution is 2.38. The molecule has 0 saturated carbocycles. The summed E-state index contributed by atoms with van der Waals surface area (Å²) in [6, 6.07) is 12.3. The summed E-state index contributed by atoms with van der Waals surface area (Å²) in [5, 5.41) is 7.42. The molecule has 0 bridgehead atoms. The number of pyridine rings is 1. The van der Waals surface area contributed by atoms with Crippen molar-refractivity contribution in [3.63, 3.8) is 0 Å². The van der Waals surface area contributed by atoms with Crippen molar-refractivity contribution in [2.75, 3.05) is 12.4 Å². The van der Waals surface area contributed by atoms with E-state index in [0.717, 1.165) is 38.3 Å². The van der Waals surface area contributed by atoms with Crippen molar-refractivity contribution >= 4 is 46.1 Å². The summed E-state index contributed by atoms with van der Waals surface area (Å²) in [4.78, 5) is 10.5. The van der Waals surface area contributed by atoms with E-state index < -0.39 is 0 Å². The van der Waals surface area contributed by atoms with Gasteiger partial charge in [-0.2, -0.15) is 0 Å². The first-order valence-electron chi connectivity index (χ1n) is 9.20. The molecule has 2 aromatic heterocycles. The number of benzene rings is 1. The average Bonchev–Trinajstić information content (AvgIpc) is 3.11. The highest BCUT2D eigenvalue weighted by atomic mass is 32.1. The molecule has 0 aliphatic heterocycles. The molecule has 0 saturated heterocycles. The molecule has 29 heavy (non-hydrogen) atoms. The zero-order chi connectivity index (χ0) is 20.6. The Morgan fingerprint density at radius 2 is 2.03 bits per heavy atom. The van der Waals surface area contributed by atoms with Gasteiger partial charge in [0.2, 0.25) is 0 Å². The minimum absolute atomic E-state index is 0.715. The molecule has 2 heterocycles. The fourth-order valence-electron chi connectivity index (χ4n) is 2.98. The Balaban J connectivity index is 2.00. The Labute approximate surface area is 175 Å². The van der Waals surface area contributed by atoms with Crippen molar-refractivity contribution in [3.05, 3.63) is 95.4 Å². The van der Waals surface area contributed by atoms with Crippen molar-refractivity contribution in [1.82, 2.24) is 10.3 Å². The van der Waals surface area contributed by atoms with Gasteiger partial charge < -0.3 is 10.6 Å². The van der Waals surface area contributed by atoms with Gasteiger partial charge in [0.15, 0.2) is 0 Å². The number of thiophene rings is 1. The summed E-state index contributed by atoms with van der Waals surface area (Å²) in [6.45, 7) is 11.5. The molecule has 5 heteroatoms. The Bertz CT molecular complexity index is 1090. The number of hydrogen-bond donors (Lipinski definition) is 2. The summed E-state index contributed by atoms with van der Waals surface area (Å²) in [5.74, 6) is 0.715. The third-order valence-corrected chi connectivity index (χ3v) is 5.49. The smallest absolute Gasteiger partial charge is 0.126 e. The number of rotatable bonds is 9. The van der Waals surface area contributed by atoms with E-state index in [-0.39, 0.29) is 0 Å². The monoisotopic (exact) mass is 400 g/mol. The van der Waals surface area contributed by atoms with E-state index >= 15 is 0 Å². The Kier molecular flexibility index (Phi) is 6.76. The second-order valence-electron chi connectivity index (χ2n) is 6.36. The first kappa shape index (κ1) is 20.3. The number of nitrogens with one attached hydrogen (secondary N) is 2. The van der Waals surface area contributed by atoms with E-state index in [1.165, 1.54) is 5.56 Å². The van der Waals surface area contributed by atoms with Crippen LogP contribution < -0.4 is 10.6 Å². The summed E-state index contributed by atoms with van der Waals surface area (Å²) >= 11 is 1.60. The number of hydrogen-bond acceptors (Lipinski definition) is 5. The van der Waals surface area contributed by atoms with Gasteiger partial charge >= 0.3 is 0 Å². The van der Waals surface area contributed by atoms with E-state index in [1.807, 2.05) is 43.6 Å². The maximum atomic E-state index is 4.54. The number of aliphatic imine (C=N–C) groups is 1. The predicted molar refractivity (Wildman–Crippen MR) is 128 cm³/mol. The highest BCUT2D eigenvalue weighted by Gasteiger charge is 2.14. The van der Waals surface area contributed by atoms with Crippen LogP contribution in [0.5, 0.6) is 0 Å². The molecule has 0 unspecified atom stereocenters. The van der Waals surface area contributed by atoms with E-state index in [4.69, 9.17) is 0 Å². The standard InChI is InChI=1S/C24H24N4S/c1-5-21-23(28-17(2)26-4)22-20(13-14-27-24(22)29-21)12-11-19(16-25-3)15-18-9-7-6-8-10-18/h5-14,16,26,28H,1-3,15H2,4H3/b12-11-,19-16+. The summed E-state index contributed by atoms with van der Waals surface area (Å²) < 4.78 is 0. The molecule has 146 valence electrons. The lowest BCUT2D eigenvalue weighted by atomic mass is 10.0. The van der Waals surface area contributed by atoms with E-state index in [0.29, 0.717) is 5.82 Å². The van der Waals surface area contributed by atoms with Crippen molar-refractivity contribution < 1.29 is 0 Å². The minimum Gasteiger partial charge on any atom is -0.375 e. The van der Waals surface area contributed by atoms with Crippen LogP contribution in [0.3, 0.4) is 0 Å². The van der Waals surface area contributed by atoms with Crippen LogP contribution in [0.1, 0.15) is 16.0 Å². The lowest BCUT2D eigenvalue weighted by molar-refractivity contribution is 1.01. The molecule has 2 N–H and O–H groups in total. The van der Waals surface area contributed by atoms with Gasteiger partial charge in [-0.3, -0.25) is 4.99 Å². The number of fused-ring (bicyclic) bond motifs is 1. The number of aromatic nitrogens is 1. The fourth-order valence-corrected chi connectivity index (χ4v) is 3.96. The molecule has 0 aliphatic carbocycles. The molecule has 0 spiro atoms. The SMILES string of the molecule is C=Cc1sc2nccc(/C=C\C(=C/N=C)Cc3ccccc3)c2c1NC(=C)NC. The Hall–Kier alpha value is -3.44. The molecule has 4 nitrogen and oxygen atoms in total. The largest absolute Gasteiger partial charge is 0.375 e. The van der Waals surface area contributed by atoms with Crippen LogP contribution in [0.25, 0.3) is 22.4 Å². The van der Waals surface area contributed by atoms with Crippen molar-refractivity contribution in [2.24, 2.45) is 4.99 Å². The molecule has 0 atom stereocenters. The molecule has 0 amide bonds. The van der Waals surface area contributed by atoms with Gasteiger partial charge in [-0.05, 0) is 42.0 Å². The molecule has 1 aromatic carbocycles. The average molecular weight is 401 g/mol. The van der Waals surface area contributed by atoms with Crippen LogP contribution in [0.15, 0.2) is 84.4 Å². The number of anilines is 1. The van der Waals surface area contributed by atoms with E-state index in [9.17, 15) is 0 Å². The topological polar surface area (TPSA) is 49.3 Å². The molecular formula is C24H24N4S. The van der Waals surface area contributed by atoms with Crippen LogP contribution in [-0.4, -0.2) is 18.7 Å². The lowest BCUT2D eigenvalue weighted by Gasteiger charge is -2.10. The normalized spacial score (nSPS) is 11.6. The second-order valence-corrected chi connectivity index (χ2v) is 7.39. The first-order chi connectivity index (χ1) is 14.2. The summed E-state index contributed by atoms with van der Waals surface area (Å²) in [6.07, 6.45) is 10.4. The lowest BCUT2D eigenvalue weighted by Crippen LogP contribution is -2.13. The summed E-state index contributed by atoms with van der Waals surface area (Å²) in [5.41, 5.74) is 4.32. The van der Waals surface area contributed by atoms with Crippen LogP contribution in [0, 0.1) is 0 Å². The van der Waals surface area contributed by atoms with Gasteiger partial charge in [-0.1, -0.05) is 55.6 Å². The van der Waals surface area contributed by atoms with Gasteiger partial charge in [0.1, 0.15) is 4.83 Å². The van der Waals surface area contributed by atoms with Crippen LogP contribution in [0.2, 0.25) is 0 Å². The van der Waals surface area contributed by atoms with Crippen molar-refractivity contribution in [1.29, 1.82) is 0 Å². The van der Waals surface area contributed by atoms with Gasteiger partial charge in [0, 0.05) is 24.8 Å². The Morgan fingerprint density at radius 1 is 1.24 bits per heavy atom. The van der Waals surface area contributed by atoms with Crippen LogP contribution in [-0.2, 0) is 6.42 Å². The summed E-state index contributed by atoms with van der Waals surface area (Å²) in [7, 11) is 1.83. The van der Waals surface area contributed by atoms with Gasteiger partial charge in [0.05, 0.1) is 16.4 Å². The zero-order valence-corrected chi connectivity index (χ0v) is 17.3. The maximum absolute atomic E-state index is 4.54. The van der Waals surface area contributed by atoms with Crippen molar-refractivity contribution in [3.8, 4) is 0 Å². The first-order valence-corrected chi connectivity index (χ1v) is 10.0. The second kappa shape index (κ2) is 9.66. The molecule has 3 aromatic rings. The molecule has 0 radical (unpaired) electrons. The van der Waals surface area contributed by atoms with Crippen LogP contribution >= 0.6 is 11.3 Å². The zero-order valence-electron chi connectivity index (χ0n) is 16.5. The van der Waals surface area contributed by atoms with Gasteiger partial charge in [-0.15, -0.1) is 11.3 Å². The highest BCUT2D eigenvalue weighted by molar-refractivity contribution is 7.20. The van der Waals surface area contributed by atoms with Gasteiger partial charge in [0.25, 0.3) is 0 Å². The van der Waals surface area contributed by atoms with E-state index in [1.54, 1.807) is 17.5 Å². The number of allylic oxidation sites excluding steroid dienone is 2. The van der Waals surface area contributed by atoms with E-state index in [2.05, 4.69) is 64.8 Å². The Morgan fingerprint density at radius 3 is 2.72 bits per heavy atom. The van der Waals surface area contributed by atoms with Crippen molar-refractivity contribution in [2.45, 2.75) is 6.42 Å². The fraction of sp³-hybridized carbons (Fsp3) is 0.0833. The third kappa shape index (κ3) is 4.89. The minimum atomic E-state index is 0.715. The predicted octanol–water partition coefficient (Wildman–Crippen LogP) is 5.88.